The smallest absolute Gasteiger partial charge is 0.278 e. The molecule has 10 nitrogen and oxygen atoms in total. The van der Waals surface area contributed by atoms with Crippen LogP contribution in [0.3, 0.4) is 0 Å². The molecular weight excluding hydrogens is 364 g/mol. The van der Waals surface area contributed by atoms with E-state index in [1.165, 1.54) is 4.90 Å². The van der Waals surface area contributed by atoms with Gasteiger partial charge in [-0.1, -0.05) is 0 Å². The number of nitrogens with one attached hydrogen (secondary N) is 2. The summed E-state index contributed by atoms with van der Waals surface area (Å²) in [6.45, 7) is 1.29. The molecule has 2 fully saturated rings. The number of carbonyl (C=O) groups excluding carboxylic acids is 4. The zero-order chi connectivity index (χ0) is 20.3. The molecule has 2 aliphatic rings. The van der Waals surface area contributed by atoms with E-state index >= 15 is 0 Å². The number of hydrogen-bond donors (Lipinski definition) is 3. The van der Waals surface area contributed by atoms with Gasteiger partial charge in [0.1, 0.15) is 17.8 Å². The molecule has 10 heteroatoms. The van der Waals surface area contributed by atoms with Gasteiger partial charge in [-0.25, -0.2) is 0 Å². The number of nitrogens with zero attached hydrogens (tertiary/aromatic N) is 3. The van der Waals surface area contributed by atoms with Gasteiger partial charge >= 0.3 is 0 Å². The topological polar surface area (TPSA) is 131 Å². The summed E-state index contributed by atoms with van der Waals surface area (Å²) in [5, 5.41) is 5.47. The molecule has 1 aromatic heterocycles. The van der Waals surface area contributed by atoms with Gasteiger partial charge in [0.15, 0.2) is 6.54 Å². The summed E-state index contributed by atoms with van der Waals surface area (Å²) in [7, 11) is 1.78. The molecule has 0 aromatic carbocycles. The Kier molecular flexibility index (Phi) is 5.98. The molecule has 2 aliphatic heterocycles. The number of piperazine rings is 1. The highest BCUT2D eigenvalue weighted by molar-refractivity contribution is 5.96. The van der Waals surface area contributed by atoms with Gasteiger partial charge in [0.05, 0.1) is 6.54 Å². The fraction of sp³-hybridized carbons (Fsp3) is 0.556. The monoisotopic (exact) mass is 391 g/mol. The molecule has 28 heavy (non-hydrogen) atoms. The highest BCUT2D eigenvalue weighted by atomic mass is 16.2. The fourth-order valence-electron chi connectivity index (χ4n) is 3.66. The van der Waals surface area contributed by atoms with Crippen molar-refractivity contribution in [1.29, 1.82) is 0 Å². The van der Waals surface area contributed by atoms with E-state index in [1.807, 2.05) is 0 Å². The van der Waals surface area contributed by atoms with Crippen LogP contribution >= 0.6 is 0 Å². The maximum atomic E-state index is 12.9. The lowest BCUT2D eigenvalue weighted by Crippen LogP contribution is -2.67. The van der Waals surface area contributed by atoms with Crippen LogP contribution in [0.5, 0.6) is 0 Å². The minimum atomic E-state index is -0.845. The number of hydrogen-bond acceptors (Lipinski definition) is 4. The average molecular weight is 391 g/mol. The third-order valence-corrected chi connectivity index (χ3v) is 5.27. The molecule has 5 N–H and O–H groups in total. The Balaban J connectivity index is 1.75. The van der Waals surface area contributed by atoms with Crippen LogP contribution < -0.4 is 16.4 Å². The normalized spacial score (nSPS) is 22.6. The highest BCUT2D eigenvalue weighted by Crippen LogP contribution is 2.15. The number of aryl methyl sites for hydroxylation is 1. The second-order valence-corrected chi connectivity index (χ2v) is 7.10. The average Bonchev–Trinajstić information content (AvgIpc) is 3.14. The molecule has 0 bridgehead atoms. The lowest BCUT2D eigenvalue weighted by molar-refractivity contribution is -0.357. The van der Waals surface area contributed by atoms with Crippen LogP contribution in [-0.4, -0.2) is 82.8 Å². The first-order valence-corrected chi connectivity index (χ1v) is 9.49. The number of piperidine rings is 1. The van der Waals surface area contributed by atoms with Crippen LogP contribution in [0.25, 0.3) is 0 Å². The SMILES string of the molecule is Cn1cccc1C(=O)N1CCN(C(=O)C[NH3+])[C@H](C(=O)N[C@H]2CCCNC2=O)C1. The van der Waals surface area contributed by atoms with Gasteiger partial charge in [-0.2, -0.15) is 0 Å². The maximum absolute atomic E-state index is 12.9. The first-order valence-electron chi connectivity index (χ1n) is 9.49. The predicted molar refractivity (Wildman–Crippen MR) is 98.7 cm³/mol. The Morgan fingerprint density at radius 3 is 2.75 bits per heavy atom. The van der Waals surface area contributed by atoms with Crippen LogP contribution in [0, 0.1) is 0 Å². The molecule has 0 aliphatic carbocycles. The Bertz CT molecular complexity index is 776. The standard InChI is InChI=1S/C18H26N6O4/c1-22-7-3-5-13(22)18(28)23-8-9-24(15(25)10-19)14(11-23)17(27)21-12-4-2-6-20-16(12)26/h3,5,7,12,14H,2,4,6,8-11,19H2,1H3,(H,20,26)(H,21,27)/p+1/t12-,14-/m0/s1. The Hall–Kier alpha value is -2.88. The van der Waals surface area contributed by atoms with Gasteiger partial charge in [0.2, 0.25) is 11.8 Å². The van der Waals surface area contributed by atoms with E-state index in [9.17, 15) is 19.2 Å². The molecule has 152 valence electrons. The molecule has 0 spiro atoms. The molecule has 0 saturated carbocycles. The summed E-state index contributed by atoms with van der Waals surface area (Å²) < 4.78 is 1.72. The molecule has 1 aromatic rings. The van der Waals surface area contributed by atoms with Crippen LogP contribution in [0.2, 0.25) is 0 Å². The van der Waals surface area contributed by atoms with Crippen LogP contribution in [0.15, 0.2) is 18.3 Å². The van der Waals surface area contributed by atoms with Crippen molar-refractivity contribution in [1.82, 2.24) is 25.0 Å². The molecule has 3 rings (SSSR count). The van der Waals surface area contributed by atoms with Crippen molar-refractivity contribution < 1.29 is 24.9 Å². The Morgan fingerprint density at radius 1 is 1.32 bits per heavy atom. The highest BCUT2D eigenvalue weighted by Gasteiger charge is 2.39. The van der Waals surface area contributed by atoms with E-state index in [0.717, 1.165) is 6.42 Å². The van der Waals surface area contributed by atoms with Crippen molar-refractivity contribution in [2.24, 2.45) is 7.05 Å². The molecular formula is C18H27N6O4+. The molecule has 2 saturated heterocycles. The third-order valence-electron chi connectivity index (χ3n) is 5.27. The summed E-state index contributed by atoms with van der Waals surface area (Å²) in [5.41, 5.74) is 4.13. The number of rotatable bonds is 4. The van der Waals surface area contributed by atoms with Crippen LogP contribution in [-0.2, 0) is 21.4 Å². The number of aromatic nitrogens is 1. The first-order chi connectivity index (χ1) is 13.4. The molecule has 0 radical (unpaired) electrons. The zero-order valence-corrected chi connectivity index (χ0v) is 16.0. The van der Waals surface area contributed by atoms with E-state index in [-0.39, 0.29) is 37.4 Å². The van der Waals surface area contributed by atoms with Gasteiger partial charge in [-0.15, -0.1) is 0 Å². The van der Waals surface area contributed by atoms with E-state index in [4.69, 9.17) is 0 Å². The first kappa shape index (κ1) is 19.9. The number of carbonyl (C=O) groups is 4. The second-order valence-electron chi connectivity index (χ2n) is 7.10. The summed E-state index contributed by atoms with van der Waals surface area (Å²) in [6, 6.07) is 2.04. The second kappa shape index (κ2) is 8.42. The van der Waals surface area contributed by atoms with Gasteiger partial charge in [-0.3, -0.25) is 19.2 Å². The number of quaternary nitrogens is 1. The summed E-state index contributed by atoms with van der Waals surface area (Å²) in [5.74, 6) is -1.09. The summed E-state index contributed by atoms with van der Waals surface area (Å²) in [4.78, 5) is 53.0. The minimum Gasteiger partial charge on any atom is -0.354 e. The third kappa shape index (κ3) is 4.01. The lowest BCUT2D eigenvalue weighted by Gasteiger charge is -2.40. The van der Waals surface area contributed by atoms with Crippen molar-refractivity contribution in [3.8, 4) is 0 Å². The van der Waals surface area contributed by atoms with Gasteiger partial charge in [-0.05, 0) is 25.0 Å². The van der Waals surface area contributed by atoms with Crippen molar-refractivity contribution in [2.75, 3.05) is 32.7 Å². The Labute approximate surface area is 163 Å². The van der Waals surface area contributed by atoms with Crippen LogP contribution in [0.4, 0.5) is 0 Å². The fourth-order valence-corrected chi connectivity index (χ4v) is 3.66. The summed E-state index contributed by atoms with van der Waals surface area (Å²) >= 11 is 0. The lowest BCUT2D eigenvalue weighted by atomic mass is 10.0. The van der Waals surface area contributed by atoms with E-state index < -0.39 is 18.0 Å². The van der Waals surface area contributed by atoms with E-state index in [1.54, 1.807) is 34.8 Å². The largest absolute Gasteiger partial charge is 0.354 e. The quantitative estimate of drug-likeness (QED) is 0.516. The van der Waals surface area contributed by atoms with Crippen molar-refractivity contribution in [3.63, 3.8) is 0 Å². The Morgan fingerprint density at radius 2 is 2.11 bits per heavy atom. The molecule has 2 atom stereocenters. The van der Waals surface area contributed by atoms with Gasteiger partial charge in [0, 0.05) is 32.9 Å². The van der Waals surface area contributed by atoms with Gasteiger partial charge < -0.3 is 30.7 Å². The van der Waals surface area contributed by atoms with Crippen molar-refractivity contribution >= 4 is 23.6 Å². The number of amides is 4. The van der Waals surface area contributed by atoms with Crippen LogP contribution in [0.1, 0.15) is 23.3 Å². The molecule has 4 amide bonds. The van der Waals surface area contributed by atoms with E-state index in [2.05, 4.69) is 16.4 Å². The predicted octanol–water partition coefficient (Wildman–Crippen LogP) is -2.69. The summed E-state index contributed by atoms with van der Waals surface area (Å²) in [6.07, 6.45) is 3.11. The van der Waals surface area contributed by atoms with Crippen molar-refractivity contribution in [2.45, 2.75) is 24.9 Å². The molecule has 0 unspecified atom stereocenters. The maximum Gasteiger partial charge on any atom is 0.278 e. The zero-order valence-electron chi connectivity index (χ0n) is 16.0. The van der Waals surface area contributed by atoms with E-state index in [0.29, 0.717) is 25.2 Å². The molecule has 3 heterocycles. The minimum absolute atomic E-state index is 0.0272. The van der Waals surface area contributed by atoms with Gasteiger partial charge in [0.25, 0.3) is 11.8 Å². The van der Waals surface area contributed by atoms with Crippen molar-refractivity contribution in [3.05, 3.63) is 24.0 Å².